The molecule has 0 saturated carbocycles. The standard InChI is InChI=1S/C10H6F13N5O/c11-5(12,1-29-4-27-2(24)26-3(25)28-4)6(13,14)7(15,16)8(17,18)9(19,20)10(21,22)23/h1H2,(H4,24,25,26,27,28). The summed E-state index contributed by atoms with van der Waals surface area (Å²) in [6.45, 7) is -2.98. The van der Waals surface area contributed by atoms with Gasteiger partial charge in [0.05, 0.1) is 0 Å². The molecule has 0 bridgehead atoms. The number of aromatic nitrogens is 3. The lowest BCUT2D eigenvalue weighted by Gasteiger charge is -2.39. The molecule has 29 heavy (non-hydrogen) atoms. The molecule has 0 atom stereocenters. The number of hydrogen-bond acceptors (Lipinski definition) is 6. The summed E-state index contributed by atoms with van der Waals surface area (Å²) in [7, 11) is 0. The molecular weight excluding hydrogens is 453 g/mol. The zero-order valence-corrected chi connectivity index (χ0v) is 13.0. The number of anilines is 2. The molecule has 0 saturated heterocycles. The molecule has 1 aromatic heterocycles. The van der Waals surface area contributed by atoms with Gasteiger partial charge in [-0.25, -0.2) is 0 Å². The van der Waals surface area contributed by atoms with Gasteiger partial charge in [0.15, 0.2) is 6.61 Å². The number of alkyl halides is 13. The van der Waals surface area contributed by atoms with E-state index >= 15 is 0 Å². The Bertz CT molecular complexity index is 730. The maximum atomic E-state index is 13.5. The van der Waals surface area contributed by atoms with Crippen molar-refractivity contribution in [2.75, 3.05) is 18.1 Å². The normalized spacial score (nSPS) is 14.8. The van der Waals surface area contributed by atoms with Crippen molar-refractivity contribution in [3.8, 4) is 6.01 Å². The molecule has 19 heteroatoms. The van der Waals surface area contributed by atoms with Gasteiger partial charge in [0, 0.05) is 0 Å². The summed E-state index contributed by atoms with van der Waals surface area (Å²) >= 11 is 0. The molecule has 168 valence electrons. The second-order valence-electron chi connectivity index (χ2n) is 5.12. The van der Waals surface area contributed by atoms with Crippen LogP contribution in [0.15, 0.2) is 0 Å². The van der Waals surface area contributed by atoms with Gasteiger partial charge in [-0.05, 0) is 0 Å². The Hall–Kier alpha value is -2.50. The summed E-state index contributed by atoms with van der Waals surface area (Å²) in [5, 5.41) is 0. The summed E-state index contributed by atoms with van der Waals surface area (Å²) in [5.74, 6) is -39.4. The Morgan fingerprint density at radius 1 is 0.586 bits per heavy atom. The molecule has 1 aromatic rings. The van der Waals surface area contributed by atoms with Crippen LogP contribution in [0.5, 0.6) is 6.01 Å². The first-order valence-electron chi connectivity index (χ1n) is 6.47. The van der Waals surface area contributed by atoms with Gasteiger partial charge in [-0.1, -0.05) is 0 Å². The molecule has 0 aliphatic rings. The third kappa shape index (κ3) is 3.85. The fourth-order valence-electron chi connectivity index (χ4n) is 1.50. The van der Waals surface area contributed by atoms with Gasteiger partial charge < -0.3 is 16.2 Å². The van der Waals surface area contributed by atoms with Crippen LogP contribution in [0.25, 0.3) is 0 Å². The number of hydrogen-bond donors (Lipinski definition) is 2. The molecule has 0 spiro atoms. The fraction of sp³-hybridized carbons (Fsp3) is 0.700. The van der Waals surface area contributed by atoms with E-state index in [9.17, 15) is 57.1 Å². The highest BCUT2D eigenvalue weighted by atomic mass is 19.4. The summed E-state index contributed by atoms with van der Waals surface area (Å²) < 4.78 is 171. The van der Waals surface area contributed by atoms with Crippen LogP contribution in [-0.2, 0) is 0 Å². The first kappa shape index (κ1) is 24.5. The maximum Gasteiger partial charge on any atom is 0.460 e. The largest absolute Gasteiger partial charge is 0.460 e. The average molecular weight is 459 g/mol. The molecule has 4 N–H and O–H groups in total. The van der Waals surface area contributed by atoms with E-state index in [2.05, 4.69) is 19.7 Å². The number of ether oxygens (including phenoxy) is 1. The van der Waals surface area contributed by atoms with Crippen LogP contribution in [0, 0.1) is 0 Å². The van der Waals surface area contributed by atoms with Crippen LogP contribution in [0.1, 0.15) is 0 Å². The summed E-state index contributed by atoms with van der Waals surface area (Å²) in [6, 6.07) is -1.40. The zero-order valence-electron chi connectivity index (χ0n) is 13.0. The van der Waals surface area contributed by atoms with Gasteiger partial charge in [0.2, 0.25) is 11.9 Å². The molecule has 0 fully saturated rings. The van der Waals surface area contributed by atoms with Crippen molar-refractivity contribution in [1.29, 1.82) is 0 Å². The van der Waals surface area contributed by atoms with E-state index in [1.807, 2.05) is 0 Å². The molecule has 0 unspecified atom stereocenters. The van der Waals surface area contributed by atoms with Gasteiger partial charge in [-0.2, -0.15) is 72.0 Å². The Labute approximate surface area is 150 Å². The highest BCUT2D eigenvalue weighted by Crippen LogP contribution is 2.60. The quantitative estimate of drug-likeness (QED) is 0.608. The van der Waals surface area contributed by atoms with Gasteiger partial charge >= 0.3 is 41.8 Å². The van der Waals surface area contributed by atoms with Crippen molar-refractivity contribution in [3.05, 3.63) is 0 Å². The number of rotatable bonds is 7. The highest BCUT2D eigenvalue weighted by molar-refractivity contribution is 5.27. The van der Waals surface area contributed by atoms with Gasteiger partial charge in [-0.15, -0.1) is 0 Å². The topological polar surface area (TPSA) is 99.9 Å². The first-order chi connectivity index (χ1) is 12.6. The third-order valence-electron chi connectivity index (χ3n) is 3.03. The van der Waals surface area contributed by atoms with Crippen molar-refractivity contribution in [2.24, 2.45) is 0 Å². The minimum Gasteiger partial charge on any atom is -0.457 e. The summed E-state index contributed by atoms with van der Waals surface area (Å²) in [5.41, 5.74) is 9.87. The monoisotopic (exact) mass is 459 g/mol. The van der Waals surface area contributed by atoms with Crippen LogP contribution < -0.4 is 16.2 Å². The second-order valence-corrected chi connectivity index (χ2v) is 5.12. The average Bonchev–Trinajstić information content (AvgIpc) is 2.50. The van der Waals surface area contributed by atoms with Gasteiger partial charge in [-0.3, -0.25) is 0 Å². The third-order valence-corrected chi connectivity index (χ3v) is 3.03. The van der Waals surface area contributed by atoms with Crippen LogP contribution in [-0.4, -0.2) is 57.3 Å². The lowest BCUT2D eigenvalue weighted by molar-refractivity contribution is -0.440. The van der Waals surface area contributed by atoms with E-state index in [4.69, 9.17) is 11.5 Å². The van der Waals surface area contributed by atoms with Crippen LogP contribution in [0.2, 0.25) is 0 Å². The van der Waals surface area contributed by atoms with E-state index in [1.54, 1.807) is 0 Å². The van der Waals surface area contributed by atoms with E-state index in [0.717, 1.165) is 0 Å². The first-order valence-corrected chi connectivity index (χ1v) is 6.47. The lowest BCUT2D eigenvalue weighted by Crippen LogP contribution is -2.70. The van der Waals surface area contributed by atoms with Crippen LogP contribution >= 0.6 is 0 Å². The van der Waals surface area contributed by atoms with Crippen molar-refractivity contribution in [1.82, 2.24) is 15.0 Å². The number of nitrogens with two attached hydrogens (primary N) is 2. The summed E-state index contributed by atoms with van der Waals surface area (Å²) in [6.07, 6.45) is -7.48. The predicted molar refractivity (Wildman–Crippen MR) is 64.9 cm³/mol. The second kappa shape index (κ2) is 6.78. The molecule has 0 radical (unpaired) electrons. The molecule has 0 aliphatic heterocycles. The Morgan fingerprint density at radius 2 is 0.966 bits per heavy atom. The fourth-order valence-corrected chi connectivity index (χ4v) is 1.50. The Morgan fingerprint density at radius 3 is 1.34 bits per heavy atom. The van der Waals surface area contributed by atoms with E-state index in [-0.39, 0.29) is 0 Å². The predicted octanol–water partition coefficient (Wildman–Crippen LogP) is 3.15. The summed E-state index contributed by atoms with van der Waals surface area (Å²) in [4.78, 5) is 8.80. The van der Waals surface area contributed by atoms with Crippen molar-refractivity contribution in [2.45, 2.75) is 35.8 Å². The number of nitrogens with zero attached hydrogens (tertiary/aromatic N) is 3. The van der Waals surface area contributed by atoms with Gasteiger partial charge in [0.1, 0.15) is 0 Å². The van der Waals surface area contributed by atoms with Crippen molar-refractivity contribution in [3.63, 3.8) is 0 Å². The van der Waals surface area contributed by atoms with Crippen molar-refractivity contribution >= 4 is 11.9 Å². The molecule has 0 amide bonds. The number of halogens is 13. The van der Waals surface area contributed by atoms with E-state index < -0.39 is 60.3 Å². The maximum absolute atomic E-state index is 13.5. The molecule has 1 rings (SSSR count). The Balaban J connectivity index is 3.27. The number of nitrogen functional groups attached to an aromatic ring is 2. The Kier molecular flexibility index (Phi) is 5.74. The van der Waals surface area contributed by atoms with Crippen LogP contribution in [0.3, 0.4) is 0 Å². The van der Waals surface area contributed by atoms with Crippen molar-refractivity contribution < 1.29 is 61.8 Å². The zero-order chi connectivity index (χ0) is 23.3. The molecule has 0 aliphatic carbocycles. The minimum absolute atomic E-state index is 0.857. The molecule has 6 nitrogen and oxygen atoms in total. The lowest BCUT2D eigenvalue weighted by atomic mass is 9.94. The minimum atomic E-state index is -7.99. The SMILES string of the molecule is Nc1nc(N)nc(OCC(F)(F)C(F)(F)C(F)(F)C(F)(F)C(F)(F)C(F)(F)F)n1. The highest BCUT2D eigenvalue weighted by Gasteiger charge is 2.90. The van der Waals surface area contributed by atoms with Crippen LogP contribution in [0.4, 0.5) is 69.0 Å². The van der Waals surface area contributed by atoms with E-state index in [0.29, 0.717) is 0 Å². The molecule has 0 aromatic carbocycles. The molecular formula is C10H6F13N5O. The van der Waals surface area contributed by atoms with Gasteiger partial charge in [0.25, 0.3) is 0 Å². The molecule has 1 heterocycles. The van der Waals surface area contributed by atoms with E-state index in [1.165, 1.54) is 0 Å². The smallest absolute Gasteiger partial charge is 0.457 e.